The summed E-state index contributed by atoms with van der Waals surface area (Å²) in [6, 6.07) is 8.75. The molecular weight excluding hydrogens is 392 g/mol. The molecule has 31 heavy (non-hydrogen) atoms. The molecule has 0 saturated carbocycles. The van der Waals surface area contributed by atoms with E-state index in [1.807, 2.05) is 17.0 Å². The van der Waals surface area contributed by atoms with Gasteiger partial charge in [0.25, 0.3) is 0 Å². The number of methoxy groups -OCH3 is 1. The number of rotatable bonds is 5. The van der Waals surface area contributed by atoms with E-state index in [9.17, 15) is 4.79 Å². The Labute approximate surface area is 183 Å². The number of hydrazine groups is 1. The lowest BCUT2D eigenvalue weighted by Crippen LogP contribution is -2.54. The zero-order valence-electron chi connectivity index (χ0n) is 18.3. The van der Waals surface area contributed by atoms with Gasteiger partial charge in [-0.1, -0.05) is 19.1 Å². The molecule has 2 fully saturated rings. The summed E-state index contributed by atoms with van der Waals surface area (Å²) in [5.41, 5.74) is 8.16. The Morgan fingerprint density at radius 2 is 1.97 bits per heavy atom. The third-order valence-electron chi connectivity index (χ3n) is 7.03. The second kappa shape index (κ2) is 8.42. The number of fused-ring (bicyclic) bond motifs is 3. The maximum absolute atomic E-state index is 12.6. The van der Waals surface area contributed by atoms with Crippen molar-refractivity contribution in [3.05, 3.63) is 42.2 Å². The zero-order chi connectivity index (χ0) is 21.4. The van der Waals surface area contributed by atoms with Gasteiger partial charge in [0.05, 0.1) is 19.2 Å². The minimum absolute atomic E-state index is 0.0849. The van der Waals surface area contributed by atoms with Crippen LogP contribution in [0.25, 0.3) is 0 Å². The van der Waals surface area contributed by atoms with Crippen LogP contribution < -0.4 is 15.6 Å². The van der Waals surface area contributed by atoms with Gasteiger partial charge in [0.1, 0.15) is 17.8 Å². The number of nitrogens with one attached hydrogen (secondary N) is 2. The number of ether oxygens (including phenoxy) is 1. The first kappa shape index (κ1) is 20.2. The topological polar surface area (TPSA) is 72.4 Å². The van der Waals surface area contributed by atoms with Crippen LogP contribution in [0.1, 0.15) is 50.6 Å². The molecule has 3 atom stereocenters. The first-order valence-electron chi connectivity index (χ1n) is 11.4. The predicted octanol–water partition coefficient (Wildman–Crippen LogP) is 2.38. The average molecular weight is 425 g/mol. The van der Waals surface area contributed by atoms with Gasteiger partial charge < -0.3 is 19.5 Å². The summed E-state index contributed by atoms with van der Waals surface area (Å²) in [5, 5.41) is 6.77. The smallest absolute Gasteiger partial charge is 0.223 e. The second-order valence-electron chi connectivity index (χ2n) is 9.04. The number of hydrazone groups is 1. The Kier molecular flexibility index (Phi) is 5.48. The van der Waals surface area contributed by atoms with Crippen LogP contribution in [0.4, 0.5) is 0 Å². The normalized spacial score (nSPS) is 27.6. The number of carbonyl (C=O) groups excluding carboxylic acids is 1. The van der Waals surface area contributed by atoms with Crippen molar-refractivity contribution in [2.24, 2.45) is 11.0 Å². The molecule has 8 heteroatoms. The van der Waals surface area contributed by atoms with Gasteiger partial charge in [-0.3, -0.25) is 10.2 Å². The molecular formula is C23H32N6O2. The Morgan fingerprint density at radius 3 is 2.71 bits per heavy atom. The largest absolute Gasteiger partial charge is 0.497 e. The highest BCUT2D eigenvalue weighted by Crippen LogP contribution is 2.34. The Balaban J connectivity index is 1.17. The molecule has 0 spiro atoms. The minimum atomic E-state index is 0.0849. The van der Waals surface area contributed by atoms with Gasteiger partial charge in [-0.15, -0.1) is 0 Å². The first-order valence-corrected chi connectivity index (χ1v) is 11.4. The summed E-state index contributed by atoms with van der Waals surface area (Å²) in [6.07, 6.45) is 8.63. The third-order valence-corrected chi connectivity index (χ3v) is 7.03. The lowest BCUT2D eigenvalue weighted by molar-refractivity contribution is -0.132. The molecule has 0 radical (unpaired) electrons. The number of amidine groups is 1. The standard InChI is InChI=1S/C23H32N6O2/c1-16-9-11-27(12-10-16)22(30)8-7-21-24-25-23-20-15-19(26-29(20)14-13-28(21)23)17-3-5-18(31-2)6-4-17/h3-6,13-14,16,19-20,23,25-26H,7-12,15H2,1-2H3. The summed E-state index contributed by atoms with van der Waals surface area (Å²) >= 11 is 0. The molecule has 166 valence electrons. The van der Waals surface area contributed by atoms with Crippen molar-refractivity contribution in [2.75, 3.05) is 20.2 Å². The molecule has 2 saturated heterocycles. The van der Waals surface area contributed by atoms with Crippen LogP contribution >= 0.6 is 0 Å². The van der Waals surface area contributed by atoms with E-state index in [-0.39, 0.29) is 24.2 Å². The fraction of sp³-hybridized carbons (Fsp3) is 0.565. The van der Waals surface area contributed by atoms with Crippen LogP contribution in [0.3, 0.4) is 0 Å². The maximum atomic E-state index is 12.6. The number of amides is 1. The molecule has 4 aliphatic rings. The molecule has 5 rings (SSSR count). The Morgan fingerprint density at radius 1 is 1.19 bits per heavy atom. The highest BCUT2D eigenvalue weighted by atomic mass is 16.5. The molecule has 4 aliphatic heterocycles. The summed E-state index contributed by atoms with van der Waals surface area (Å²) in [7, 11) is 1.69. The number of piperidine rings is 1. The second-order valence-corrected chi connectivity index (χ2v) is 9.04. The molecule has 8 nitrogen and oxygen atoms in total. The fourth-order valence-corrected chi connectivity index (χ4v) is 5.00. The quantitative estimate of drug-likeness (QED) is 0.756. The van der Waals surface area contributed by atoms with E-state index in [4.69, 9.17) is 4.74 Å². The van der Waals surface area contributed by atoms with E-state index in [1.54, 1.807) is 7.11 Å². The van der Waals surface area contributed by atoms with Crippen LogP contribution in [-0.2, 0) is 4.79 Å². The van der Waals surface area contributed by atoms with E-state index in [2.05, 4.69) is 57.3 Å². The molecule has 0 aliphatic carbocycles. The molecule has 1 aromatic rings. The number of hydrogen-bond acceptors (Lipinski definition) is 7. The van der Waals surface area contributed by atoms with Gasteiger partial charge in [0, 0.05) is 38.3 Å². The number of benzene rings is 1. The molecule has 1 amide bonds. The summed E-state index contributed by atoms with van der Waals surface area (Å²) < 4.78 is 5.28. The number of likely N-dealkylation sites (tertiary alicyclic amines) is 1. The van der Waals surface area contributed by atoms with E-state index >= 15 is 0 Å². The SMILES string of the molecule is COc1ccc(C2CC3C4NN=C(CCC(=O)N5CCC(C)CC5)N4C=CN3N2)cc1. The van der Waals surface area contributed by atoms with Gasteiger partial charge in [0.2, 0.25) is 5.91 Å². The predicted molar refractivity (Wildman–Crippen MR) is 119 cm³/mol. The van der Waals surface area contributed by atoms with Crippen molar-refractivity contribution in [1.29, 1.82) is 0 Å². The first-order chi connectivity index (χ1) is 15.1. The molecule has 0 bridgehead atoms. The van der Waals surface area contributed by atoms with Crippen molar-refractivity contribution in [3.63, 3.8) is 0 Å². The van der Waals surface area contributed by atoms with E-state index in [1.165, 1.54) is 5.56 Å². The van der Waals surface area contributed by atoms with Crippen LogP contribution in [0.15, 0.2) is 41.8 Å². The van der Waals surface area contributed by atoms with Crippen LogP contribution in [0.2, 0.25) is 0 Å². The van der Waals surface area contributed by atoms with Crippen LogP contribution in [0.5, 0.6) is 5.75 Å². The molecule has 1 aromatic carbocycles. The molecule has 4 heterocycles. The fourth-order valence-electron chi connectivity index (χ4n) is 5.00. The van der Waals surface area contributed by atoms with Gasteiger partial charge >= 0.3 is 0 Å². The van der Waals surface area contributed by atoms with E-state index < -0.39 is 0 Å². The summed E-state index contributed by atoms with van der Waals surface area (Å²) in [4.78, 5) is 16.9. The van der Waals surface area contributed by atoms with Gasteiger partial charge in [-0.2, -0.15) is 5.10 Å². The van der Waals surface area contributed by atoms with Gasteiger partial charge in [-0.25, -0.2) is 5.43 Å². The Hall–Kier alpha value is -2.74. The average Bonchev–Trinajstić information content (AvgIpc) is 3.42. The van der Waals surface area contributed by atoms with Crippen LogP contribution in [0, 0.1) is 5.92 Å². The third kappa shape index (κ3) is 3.96. The van der Waals surface area contributed by atoms with Crippen molar-refractivity contribution in [2.45, 2.75) is 57.3 Å². The summed E-state index contributed by atoms with van der Waals surface area (Å²) in [6.45, 7) is 4.06. The van der Waals surface area contributed by atoms with Crippen molar-refractivity contribution in [1.82, 2.24) is 25.7 Å². The minimum Gasteiger partial charge on any atom is -0.497 e. The zero-order valence-corrected chi connectivity index (χ0v) is 18.3. The molecule has 2 N–H and O–H groups in total. The van der Waals surface area contributed by atoms with E-state index in [0.29, 0.717) is 12.8 Å². The molecule has 3 unspecified atom stereocenters. The Bertz CT molecular complexity index is 861. The van der Waals surface area contributed by atoms with Crippen LogP contribution in [-0.4, -0.2) is 59.0 Å². The maximum Gasteiger partial charge on any atom is 0.223 e. The molecule has 0 aromatic heterocycles. The van der Waals surface area contributed by atoms with E-state index in [0.717, 1.165) is 49.9 Å². The number of hydrogen-bond donors (Lipinski definition) is 2. The number of carbonyl (C=O) groups is 1. The van der Waals surface area contributed by atoms with Crippen molar-refractivity contribution in [3.8, 4) is 5.75 Å². The lowest BCUT2D eigenvalue weighted by atomic mass is 9.99. The van der Waals surface area contributed by atoms with Crippen molar-refractivity contribution < 1.29 is 9.53 Å². The monoisotopic (exact) mass is 424 g/mol. The van der Waals surface area contributed by atoms with Gasteiger partial charge in [-0.05, 0) is 42.9 Å². The lowest BCUT2D eigenvalue weighted by Gasteiger charge is -2.37. The summed E-state index contributed by atoms with van der Waals surface area (Å²) in [5.74, 6) is 2.81. The highest BCUT2D eigenvalue weighted by Gasteiger charge is 2.44. The van der Waals surface area contributed by atoms with Gasteiger partial charge in [0.15, 0.2) is 0 Å². The number of nitrogens with zero attached hydrogens (tertiary/aromatic N) is 4. The van der Waals surface area contributed by atoms with Crippen molar-refractivity contribution >= 4 is 11.7 Å². The highest BCUT2D eigenvalue weighted by molar-refractivity contribution is 5.89.